The maximum absolute atomic E-state index is 12.0. The fraction of sp³-hybridized carbons (Fsp3) is 0.125. The minimum Gasteiger partial charge on any atom is -0.495 e. The largest absolute Gasteiger partial charge is 0.495 e. The lowest BCUT2D eigenvalue weighted by atomic mass is 10.2. The number of carbonyl (C=O) groups is 2. The molecule has 0 spiro atoms. The minimum atomic E-state index is -0.502. The number of halogens is 2. The lowest BCUT2D eigenvalue weighted by Crippen LogP contribution is -2.44. The Bertz CT molecular complexity index is 755. The molecule has 8 heteroatoms. The third kappa shape index (κ3) is 4.87. The summed E-state index contributed by atoms with van der Waals surface area (Å²) in [4.78, 5) is 23.8. The van der Waals surface area contributed by atoms with Crippen molar-refractivity contribution in [3.05, 3.63) is 57.5 Å². The number of nitrogens with one attached hydrogen (secondary N) is 3. The van der Waals surface area contributed by atoms with Crippen LogP contribution in [0.3, 0.4) is 0 Å². The third-order valence-electron chi connectivity index (χ3n) is 3.04. The van der Waals surface area contributed by atoms with Crippen LogP contribution in [-0.4, -0.2) is 25.5 Å². The summed E-state index contributed by atoms with van der Waals surface area (Å²) in [6.45, 7) is -0.0330. The van der Waals surface area contributed by atoms with Gasteiger partial charge in [-0.15, -0.1) is 0 Å². The first-order valence-corrected chi connectivity index (χ1v) is 8.09. The molecule has 0 unspecified atom stereocenters. The van der Waals surface area contributed by atoms with E-state index in [2.05, 4.69) is 32.1 Å². The zero-order valence-corrected chi connectivity index (χ0v) is 15.1. The molecule has 126 valence electrons. The highest BCUT2D eigenvalue weighted by atomic mass is 79.9. The van der Waals surface area contributed by atoms with Gasteiger partial charge in [0.25, 0.3) is 11.8 Å². The first-order valence-electron chi connectivity index (χ1n) is 6.92. The molecule has 0 saturated carbocycles. The first kappa shape index (κ1) is 18.1. The van der Waals surface area contributed by atoms with Gasteiger partial charge in [-0.3, -0.25) is 20.4 Å². The number of methoxy groups -OCH3 is 1. The second kappa shape index (κ2) is 8.56. The van der Waals surface area contributed by atoms with Crippen molar-refractivity contribution in [2.24, 2.45) is 0 Å². The van der Waals surface area contributed by atoms with Crippen LogP contribution in [0.15, 0.2) is 46.9 Å². The molecule has 0 radical (unpaired) electrons. The quantitative estimate of drug-likeness (QED) is 0.660. The van der Waals surface area contributed by atoms with Crippen molar-refractivity contribution in [1.82, 2.24) is 10.9 Å². The lowest BCUT2D eigenvalue weighted by Gasteiger charge is -2.12. The number of ether oxygens (including phenoxy) is 1. The van der Waals surface area contributed by atoms with Crippen molar-refractivity contribution in [2.45, 2.75) is 0 Å². The number of hydrazine groups is 1. The van der Waals surface area contributed by atoms with E-state index >= 15 is 0 Å². The molecule has 2 aromatic rings. The van der Waals surface area contributed by atoms with Crippen LogP contribution in [0.4, 0.5) is 5.69 Å². The number of benzene rings is 2. The summed E-state index contributed by atoms with van der Waals surface area (Å²) in [5.74, 6) is -0.295. The average Bonchev–Trinajstić information content (AvgIpc) is 2.58. The maximum Gasteiger partial charge on any atom is 0.271 e. The molecule has 0 heterocycles. The summed E-state index contributed by atoms with van der Waals surface area (Å²) >= 11 is 9.24. The van der Waals surface area contributed by atoms with E-state index < -0.39 is 11.8 Å². The highest BCUT2D eigenvalue weighted by molar-refractivity contribution is 9.10. The number of carbonyl (C=O) groups excluding carboxylic acids is 2. The van der Waals surface area contributed by atoms with Crippen molar-refractivity contribution in [1.29, 1.82) is 0 Å². The Balaban J connectivity index is 1.85. The fourth-order valence-electron chi connectivity index (χ4n) is 1.88. The van der Waals surface area contributed by atoms with E-state index in [4.69, 9.17) is 16.3 Å². The molecule has 0 aliphatic carbocycles. The highest BCUT2D eigenvalue weighted by Gasteiger charge is 2.11. The van der Waals surface area contributed by atoms with Crippen molar-refractivity contribution in [2.75, 3.05) is 19.0 Å². The normalized spacial score (nSPS) is 9.96. The average molecular weight is 413 g/mol. The van der Waals surface area contributed by atoms with Gasteiger partial charge in [0.05, 0.1) is 29.9 Å². The Morgan fingerprint density at radius 2 is 1.92 bits per heavy atom. The molecule has 0 aromatic heterocycles. The van der Waals surface area contributed by atoms with E-state index in [-0.39, 0.29) is 17.1 Å². The molecule has 0 aliphatic rings. The number of hydrogen-bond donors (Lipinski definition) is 3. The summed E-state index contributed by atoms with van der Waals surface area (Å²) in [5, 5.41) is 3.21. The molecule has 6 nitrogen and oxygen atoms in total. The van der Waals surface area contributed by atoms with Gasteiger partial charge < -0.3 is 10.1 Å². The SMILES string of the molecule is COc1ccccc1NCC(=O)NNC(=O)c1ccc(Br)cc1Cl. The molecule has 2 rings (SSSR count). The monoisotopic (exact) mass is 411 g/mol. The zero-order valence-electron chi connectivity index (χ0n) is 12.7. The first-order chi connectivity index (χ1) is 11.5. The second-order valence-electron chi connectivity index (χ2n) is 4.68. The molecule has 0 aliphatic heterocycles. The summed E-state index contributed by atoms with van der Waals surface area (Å²) < 4.78 is 5.93. The molecule has 0 bridgehead atoms. The van der Waals surface area contributed by atoms with E-state index in [1.54, 1.807) is 37.4 Å². The van der Waals surface area contributed by atoms with Crippen LogP contribution < -0.4 is 20.9 Å². The van der Waals surface area contributed by atoms with Crippen LogP contribution in [0.1, 0.15) is 10.4 Å². The Kier molecular flexibility index (Phi) is 6.45. The van der Waals surface area contributed by atoms with Crippen molar-refractivity contribution in [3.8, 4) is 5.75 Å². The minimum absolute atomic E-state index is 0.0330. The number of rotatable bonds is 5. The van der Waals surface area contributed by atoms with Crippen LogP contribution in [0, 0.1) is 0 Å². The highest BCUT2D eigenvalue weighted by Crippen LogP contribution is 2.22. The Labute approximate surface area is 152 Å². The number of hydrogen-bond acceptors (Lipinski definition) is 4. The van der Waals surface area contributed by atoms with Gasteiger partial charge in [0.15, 0.2) is 0 Å². The van der Waals surface area contributed by atoms with Gasteiger partial charge in [-0.25, -0.2) is 0 Å². The molecule has 0 fully saturated rings. The zero-order chi connectivity index (χ0) is 17.5. The Morgan fingerprint density at radius 1 is 1.17 bits per heavy atom. The van der Waals surface area contributed by atoms with E-state index in [0.29, 0.717) is 11.4 Å². The fourth-order valence-corrected chi connectivity index (χ4v) is 2.64. The van der Waals surface area contributed by atoms with Crippen molar-refractivity contribution >= 4 is 45.0 Å². The van der Waals surface area contributed by atoms with Gasteiger partial charge in [-0.1, -0.05) is 39.7 Å². The van der Waals surface area contributed by atoms with Crippen LogP contribution in [0.5, 0.6) is 5.75 Å². The standard InChI is InChI=1S/C16H15BrClN3O3/c1-24-14-5-3-2-4-13(14)19-9-15(22)20-21-16(23)11-7-6-10(17)8-12(11)18/h2-8,19H,9H2,1H3,(H,20,22)(H,21,23). The van der Waals surface area contributed by atoms with Crippen LogP contribution >= 0.6 is 27.5 Å². The van der Waals surface area contributed by atoms with E-state index in [9.17, 15) is 9.59 Å². The van der Waals surface area contributed by atoms with E-state index in [1.807, 2.05) is 12.1 Å². The van der Waals surface area contributed by atoms with Gasteiger partial charge in [0.1, 0.15) is 5.75 Å². The molecule has 24 heavy (non-hydrogen) atoms. The number of para-hydroxylation sites is 2. The van der Waals surface area contributed by atoms with Crippen molar-refractivity contribution in [3.63, 3.8) is 0 Å². The summed E-state index contributed by atoms with van der Waals surface area (Å²) in [5.41, 5.74) is 5.57. The smallest absolute Gasteiger partial charge is 0.271 e. The maximum atomic E-state index is 12.0. The van der Waals surface area contributed by atoms with Crippen LogP contribution in [-0.2, 0) is 4.79 Å². The van der Waals surface area contributed by atoms with Gasteiger partial charge in [-0.2, -0.15) is 0 Å². The number of anilines is 1. The summed E-state index contributed by atoms with van der Waals surface area (Å²) in [6, 6.07) is 12.0. The second-order valence-corrected chi connectivity index (χ2v) is 6.00. The molecule has 3 N–H and O–H groups in total. The predicted octanol–water partition coefficient (Wildman–Crippen LogP) is 2.98. The molecule has 2 amide bonds. The molecular weight excluding hydrogens is 398 g/mol. The van der Waals surface area contributed by atoms with E-state index in [0.717, 1.165) is 4.47 Å². The van der Waals surface area contributed by atoms with E-state index in [1.165, 1.54) is 0 Å². The molecule has 0 atom stereocenters. The molecule has 2 aromatic carbocycles. The predicted molar refractivity (Wildman–Crippen MR) is 96.2 cm³/mol. The summed E-state index contributed by atoms with van der Waals surface area (Å²) in [6.07, 6.45) is 0. The van der Waals surface area contributed by atoms with Crippen LogP contribution in [0.25, 0.3) is 0 Å². The van der Waals surface area contributed by atoms with Gasteiger partial charge >= 0.3 is 0 Å². The van der Waals surface area contributed by atoms with Gasteiger partial charge in [0, 0.05) is 4.47 Å². The molecular formula is C16H15BrClN3O3. The third-order valence-corrected chi connectivity index (χ3v) is 3.84. The van der Waals surface area contributed by atoms with Crippen LogP contribution in [0.2, 0.25) is 5.02 Å². The van der Waals surface area contributed by atoms with Gasteiger partial charge in [0.2, 0.25) is 0 Å². The topological polar surface area (TPSA) is 79.5 Å². The Hall–Kier alpha value is -2.25. The molecule has 0 saturated heterocycles. The number of amides is 2. The van der Waals surface area contributed by atoms with Crippen molar-refractivity contribution < 1.29 is 14.3 Å². The Morgan fingerprint density at radius 3 is 2.62 bits per heavy atom. The van der Waals surface area contributed by atoms with Gasteiger partial charge in [-0.05, 0) is 30.3 Å². The lowest BCUT2D eigenvalue weighted by molar-refractivity contribution is -0.120. The summed E-state index contributed by atoms with van der Waals surface area (Å²) in [7, 11) is 1.54.